The molecule has 0 spiro atoms. The normalized spacial score (nSPS) is 12.8. The molecule has 5 nitrogen and oxygen atoms in total. The fraction of sp³-hybridized carbons (Fsp3) is 0.318. The van der Waals surface area contributed by atoms with E-state index < -0.39 is 10.8 Å². The van der Waals surface area contributed by atoms with E-state index >= 15 is 0 Å². The molecule has 7 heteroatoms. The molecule has 3 rings (SSSR count). The minimum Gasteiger partial charge on any atom is -0.361 e. The van der Waals surface area contributed by atoms with Crippen molar-refractivity contribution in [2.45, 2.75) is 19.1 Å². The van der Waals surface area contributed by atoms with Gasteiger partial charge in [0.05, 0.1) is 6.54 Å². The van der Waals surface area contributed by atoms with E-state index in [1.807, 2.05) is 43.5 Å². The Morgan fingerprint density at radius 3 is 2.79 bits per heavy atom. The number of nitrogens with one attached hydrogen (secondary N) is 3. The van der Waals surface area contributed by atoms with Gasteiger partial charge in [0.15, 0.2) is 5.96 Å². The molecule has 0 radical (unpaired) electrons. The van der Waals surface area contributed by atoms with Gasteiger partial charge in [0.25, 0.3) is 0 Å². The van der Waals surface area contributed by atoms with E-state index in [2.05, 4.69) is 20.6 Å². The zero-order valence-electron chi connectivity index (χ0n) is 16.6. The second-order valence-electron chi connectivity index (χ2n) is 6.72. The summed E-state index contributed by atoms with van der Waals surface area (Å²) >= 11 is 0. The van der Waals surface area contributed by atoms with Crippen LogP contribution in [0.5, 0.6) is 0 Å². The van der Waals surface area contributed by atoms with Crippen LogP contribution in [-0.2, 0) is 23.0 Å². The second kappa shape index (κ2) is 10.8. The quantitative estimate of drug-likeness (QED) is 0.372. The number of guanidine groups is 1. The monoisotopic (exact) mass is 414 g/mol. The van der Waals surface area contributed by atoms with Crippen molar-refractivity contribution in [3.63, 3.8) is 0 Å². The predicted molar refractivity (Wildman–Crippen MR) is 119 cm³/mol. The Bertz CT molecular complexity index is 971. The summed E-state index contributed by atoms with van der Waals surface area (Å²) in [5.41, 5.74) is 3.07. The summed E-state index contributed by atoms with van der Waals surface area (Å²) in [4.78, 5) is 7.70. The highest BCUT2D eigenvalue weighted by atomic mass is 32.2. The van der Waals surface area contributed by atoms with Crippen LogP contribution < -0.4 is 10.6 Å². The summed E-state index contributed by atoms with van der Waals surface area (Å²) in [5.74, 6) is 1.55. The Balaban J connectivity index is 1.48. The molecule has 0 aliphatic carbocycles. The lowest BCUT2D eigenvalue weighted by Crippen LogP contribution is -2.38. The largest absolute Gasteiger partial charge is 0.361 e. The first-order valence-corrected chi connectivity index (χ1v) is 11.3. The minimum absolute atomic E-state index is 0.232. The molecule has 1 aromatic heterocycles. The van der Waals surface area contributed by atoms with Gasteiger partial charge in [-0.05, 0) is 42.7 Å². The Kier molecular flexibility index (Phi) is 7.81. The van der Waals surface area contributed by atoms with Crippen molar-refractivity contribution >= 4 is 27.7 Å². The Morgan fingerprint density at radius 1 is 1.17 bits per heavy atom. The van der Waals surface area contributed by atoms with Gasteiger partial charge in [-0.3, -0.25) is 9.20 Å². The Morgan fingerprint density at radius 2 is 2.00 bits per heavy atom. The summed E-state index contributed by atoms with van der Waals surface area (Å²) in [7, 11) is -0.942. The van der Waals surface area contributed by atoms with Crippen molar-refractivity contribution in [2.75, 3.05) is 25.4 Å². The smallest absolute Gasteiger partial charge is 0.191 e. The summed E-state index contributed by atoms with van der Waals surface area (Å²) < 4.78 is 25.7. The van der Waals surface area contributed by atoms with Crippen LogP contribution in [0.2, 0.25) is 0 Å². The molecule has 0 bridgehead atoms. The maximum atomic E-state index is 13.5. The molecule has 0 aliphatic heterocycles. The summed E-state index contributed by atoms with van der Waals surface area (Å²) in [6, 6.07) is 14.6. The van der Waals surface area contributed by atoms with E-state index in [9.17, 15) is 8.60 Å². The van der Waals surface area contributed by atoms with E-state index in [1.54, 1.807) is 12.1 Å². The zero-order chi connectivity index (χ0) is 20.5. The highest BCUT2D eigenvalue weighted by Crippen LogP contribution is 2.19. The van der Waals surface area contributed by atoms with E-state index in [0.29, 0.717) is 30.6 Å². The molecule has 0 fully saturated rings. The van der Waals surface area contributed by atoms with Crippen LogP contribution >= 0.6 is 0 Å². The number of hydrogen-bond donors (Lipinski definition) is 3. The van der Waals surface area contributed by atoms with Crippen molar-refractivity contribution in [2.24, 2.45) is 4.99 Å². The molecule has 0 aliphatic rings. The van der Waals surface area contributed by atoms with Gasteiger partial charge in [-0.25, -0.2) is 4.39 Å². The summed E-state index contributed by atoms with van der Waals surface area (Å²) in [5, 5.41) is 7.41. The molecule has 1 heterocycles. The standard InChI is InChI=1S/C22H27FN4OS/c1-2-24-22(26-12-13-29(28)16-17-6-4-3-5-7-17)25-11-10-18-15-27-21-9-8-19(23)14-20(18)21/h3-9,14-15,27H,2,10-13,16H2,1H3,(H2,24,25,26). The Labute approximate surface area is 173 Å². The average Bonchev–Trinajstić information content (AvgIpc) is 3.11. The third-order valence-corrected chi connectivity index (χ3v) is 5.81. The number of nitrogens with zero attached hydrogens (tertiary/aromatic N) is 1. The number of benzene rings is 2. The third kappa shape index (κ3) is 6.42. The number of fused-ring (bicyclic) bond motifs is 1. The number of rotatable bonds is 9. The van der Waals surface area contributed by atoms with E-state index in [4.69, 9.17) is 0 Å². The minimum atomic E-state index is -0.942. The lowest BCUT2D eigenvalue weighted by atomic mass is 10.1. The predicted octanol–water partition coefficient (Wildman–Crippen LogP) is 3.35. The van der Waals surface area contributed by atoms with Crippen LogP contribution in [0, 0.1) is 5.82 Å². The average molecular weight is 415 g/mol. The maximum absolute atomic E-state index is 13.5. The van der Waals surface area contributed by atoms with E-state index in [0.717, 1.165) is 35.0 Å². The van der Waals surface area contributed by atoms with Crippen LogP contribution in [0.3, 0.4) is 0 Å². The van der Waals surface area contributed by atoms with Crippen molar-refractivity contribution in [1.29, 1.82) is 0 Å². The van der Waals surface area contributed by atoms with Gasteiger partial charge in [0.2, 0.25) is 0 Å². The fourth-order valence-electron chi connectivity index (χ4n) is 3.11. The highest BCUT2D eigenvalue weighted by Gasteiger charge is 2.06. The molecule has 3 aromatic rings. The molecular formula is C22H27FN4OS. The first-order chi connectivity index (χ1) is 14.2. The van der Waals surface area contributed by atoms with Gasteiger partial charge in [-0.1, -0.05) is 30.3 Å². The van der Waals surface area contributed by atoms with Gasteiger partial charge < -0.3 is 15.6 Å². The molecule has 1 atom stereocenters. The van der Waals surface area contributed by atoms with Gasteiger partial charge in [-0.15, -0.1) is 0 Å². The van der Waals surface area contributed by atoms with E-state index in [1.165, 1.54) is 6.07 Å². The number of H-pyrrole nitrogens is 1. The molecular weight excluding hydrogens is 387 g/mol. The van der Waals surface area contributed by atoms with Crippen molar-refractivity contribution in [3.8, 4) is 0 Å². The van der Waals surface area contributed by atoms with Gasteiger partial charge in [-0.2, -0.15) is 0 Å². The number of aromatic amines is 1. The van der Waals surface area contributed by atoms with Crippen molar-refractivity contribution in [1.82, 2.24) is 15.6 Å². The summed E-state index contributed by atoms with van der Waals surface area (Å²) in [6.45, 7) is 3.92. The molecule has 154 valence electrons. The number of hydrogen-bond acceptors (Lipinski definition) is 2. The molecule has 1 unspecified atom stereocenters. The number of aromatic nitrogens is 1. The molecule has 3 N–H and O–H groups in total. The first kappa shape index (κ1) is 21.0. The molecule has 0 amide bonds. The summed E-state index contributed by atoms with van der Waals surface area (Å²) in [6.07, 6.45) is 2.66. The van der Waals surface area contributed by atoms with Gasteiger partial charge >= 0.3 is 0 Å². The Hall–Kier alpha value is -2.67. The van der Waals surface area contributed by atoms with Gasteiger partial charge in [0.1, 0.15) is 5.82 Å². The molecule has 0 saturated heterocycles. The molecule has 0 saturated carbocycles. The molecule has 2 aromatic carbocycles. The fourth-order valence-corrected chi connectivity index (χ4v) is 4.11. The van der Waals surface area contributed by atoms with Crippen LogP contribution in [0.4, 0.5) is 4.39 Å². The van der Waals surface area contributed by atoms with Gasteiger partial charge in [0, 0.05) is 52.5 Å². The third-order valence-electron chi connectivity index (χ3n) is 4.52. The lowest BCUT2D eigenvalue weighted by Gasteiger charge is -2.11. The van der Waals surface area contributed by atoms with Crippen LogP contribution in [0.15, 0.2) is 59.7 Å². The second-order valence-corrected chi connectivity index (χ2v) is 8.29. The SMILES string of the molecule is CCNC(=NCCS(=O)Cc1ccccc1)NCCc1c[nH]c2ccc(F)cc12. The van der Waals surface area contributed by atoms with Crippen LogP contribution in [0.25, 0.3) is 10.9 Å². The zero-order valence-corrected chi connectivity index (χ0v) is 17.4. The van der Waals surface area contributed by atoms with Crippen LogP contribution in [0.1, 0.15) is 18.1 Å². The van der Waals surface area contributed by atoms with Crippen molar-refractivity contribution < 1.29 is 8.60 Å². The number of halogens is 1. The molecule has 29 heavy (non-hydrogen) atoms. The first-order valence-electron chi connectivity index (χ1n) is 9.82. The number of aliphatic imine (C=N–C) groups is 1. The van der Waals surface area contributed by atoms with Crippen LogP contribution in [-0.4, -0.2) is 40.5 Å². The highest BCUT2D eigenvalue weighted by molar-refractivity contribution is 7.84. The maximum Gasteiger partial charge on any atom is 0.191 e. The van der Waals surface area contributed by atoms with Crippen molar-refractivity contribution in [3.05, 3.63) is 71.7 Å². The topological polar surface area (TPSA) is 69.3 Å². The lowest BCUT2D eigenvalue weighted by molar-refractivity contribution is 0.629. The van der Waals surface area contributed by atoms with E-state index in [-0.39, 0.29) is 5.82 Å².